The fraction of sp³-hybridized carbons (Fsp3) is 0.706. The van der Waals surface area contributed by atoms with E-state index in [0.29, 0.717) is 6.54 Å². The quantitative estimate of drug-likeness (QED) is 0.890. The second-order valence-corrected chi connectivity index (χ2v) is 7.84. The highest BCUT2D eigenvalue weighted by atomic mass is 16.4. The maximum absolute atomic E-state index is 11.7. The first-order valence-electron chi connectivity index (χ1n) is 8.56. The lowest BCUT2D eigenvalue weighted by Gasteiger charge is -2.37. The number of carboxylic acid groups (broad SMARTS) is 1. The second-order valence-electron chi connectivity index (χ2n) is 7.84. The molecule has 0 aromatic carbocycles. The largest absolute Gasteiger partial charge is 0.465 e. The van der Waals surface area contributed by atoms with Crippen LogP contribution in [0.15, 0.2) is 6.20 Å². The van der Waals surface area contributed by atoms with E-state index in [4.69, 9.17) is 4.98 Å². The number of fused-ring (bicyclic) bond motifs is 1. The number of anilines is 1. The summed E-state index contributed by atoms with van der Waals surface area (Å²) in [7, 11) is 2.11. The average molecular weight is 333 g/mol. The average Bonchev–Trinajstić information content (AvgIpc) is 2.94. The van der Waals surface area contributed by atoms with Crippen molar-refractivity contribution in [2.45, 2.75) is 51.7 Å². The van der Waals surface area contributed by atoms with Crippen LogP contribution in [0.2, 0.25) is 0 Å². The fourth-order valence-corrected chi connectivity index (χ4v) is 3.72. The molecule has 3 heterocycles. The molecule has 24 heavy (non-hydrogen) atoms. The first-order valence-corrected chi connectivity index (χ1v) is 8.56. The van der Waals surface area contributed by atoms with Gasteiger partial charge in [0.15, 0.2) is 0 Å². The Kier molecular flexibility index (Phi) is 4.38. The van der Waals surface area contributed by atoms with Crippen molar-refractivity contribution in [3.05, 3.63) is 17.5 Å². The topological polar surface area (TPSA) is 72.8 Å². The molecule has 0 spiro atoms. The molecule has 1 N–H and O–H groups in total. The maximum Gasteiger partial charge on any atom is 0.408 e. The third kappa shape index (κ3) is 3.31. The lowest BCUT2D eigenvalue weighted by atomic mass is 10.0. The van der Waals surface area contributed by atoms with E-state index in [1.165, 1.54) is 5.56 Å². The highest BCUT2D eigenvalue weighted by Crippen LogP contribution is 2.27. The Bertz CT molecular complexity index is 628. The lowest BCUT2D eigenvalue weighted by molar-refractivity contribution is 0.0762. The summed E-state index contributed by atoms with van der Waals surface area (Å²) in [5.74, 6) is 0.736. The number of hydrogen-bond acceptors (Lipinski definition) is 5. The Labute approximate surface area is 143 Å². The molecular formula is C17H27N5O2. The Morgan fingerprint density at radius 2 is 2.12 bits per heavy atom. The lowest BCUT2D eigenvalue weighted by Crippen LogP contribution is -2.52. The predicted molar refractivity (Wildman–Crippen MR) is 92.3 cm³/mol. The SMILES string of the molecule is CN1CCc2nc(N3CC[C@@H](N(C(=O)O)C(C)(C)C)C3)ncc2C1. The molecule has 3 rings (SSSR count). The number of likely N-dealkylation sites (N-methyl/N-ethyl adjacent to an activating group) is 1. The zero-order valence-corrected chi connectivity index (χ0v) is 15.0. The first kappa shape index (κ1) is 17.0. The fourth-order valence-electron chi connectivity index (χ4n) is 3.72. The Morgan fingerprint density at radius 3 is 2.79 bits per heavy atom. The van der Waals surface area contributed by atoms with Gasteiger partial charge in [-0.2, -0.15) is 0 Å². The molecule has 2 aliphatic rings. The molecule has 0 unspecified atom stereocenters. The first-order chi connectivity index (χ1) is 11.3. The number of hydrogen-bond donors (Lipinski definition) is 1. The minimum atomic E-state index is -0.858. The van der Waals surface area contributed by atoms with Gasteiger partial charge in [0.05, 0.1) is 11.7 Å². The van der Waals surface area contributed by atoms with Crippen LogP contribution in [0.5, 0.6) is 0 Å². The van der Waals surface area contributed by atoms with Crippen LogP contribution in [0.4, 0.5) is 10.7 Å². The highest BCUT2D eigenvalue weighted by Gasteiger charge is 2.38. The summed E-state index contributed by atoms with van der Waals surface area (Å²) in [6.45, 7) is 9.18. The van der Waals surface area contributed by atoms with E-state index in [9.17, 15) is 9.90 Å². The van der Waals surface area contributed by atoms with E-state index in [2.05, 4.69) is 21.8 Å². The van der Waals surface area contributed by atoms with Gasteiger partial charge >= 0.3 is 6.09 Å². The van der Waals surface area contributed by atoms with E-state index in [1.54, 1.807) is 4.90 Å². The van der Waals surface area contributed by atoms with E-state index in [0.717, 1.165) is 44.1 Å². The normalized spacial score (nSPS) is 21.7. The van der Waals surface area contributed by atoms with E-state index in [-0.39, 0.29) is 6.04 Å². The Balaban J connectivity index is 1.75. The van der Waals surface area contributed by atoms with Crippen molar-refractivity contribution in [1.82, 2.24) is 19.8 Å². The molecule has 0 saturated carbocycles. The molecule has 1 aromatic heterocycles. The summed E-state index contributed by atoms with van der Waals surface area (Å²) in [4.78, 5) is 26.9. The molecule has 0 bridgehead atoms. The zero-order chi connectivity index (χ0) is 17.5. The third-order valence-electron chi connectivity index (χ3n) is 4.85. The van der Waals surface area contributed by atoms with E-state index < -0.39 is 11.6 Å². The molecule has 7 heteroatoms. The van der Waals surface area contributed by atoms with Crippen LogP contribution in [-0.2, 0) is 13.0 Å². The standard InChI is InChI=1S/C17H27N5O2/c1-17(2,3)22(16(23)24)13-5-8-21(11-13)15-18-9-12-10-20(4)7-6-14(12)19-15/h9,13H,5-8,10-11H2,1-4H3,(H,23,24)/t13-/m1/s1. The summed E-state index contributed by atoms with van der Waals surface area (Å²) < 4.78 is 0. The van der Waals surface area contributed by atoms with Gasteiger partial charge in [0.25, 0.3) is 0 Å². The number of rotatable bonds is 2. The summed E-state index contributed by atoms with van der Waals surface area (Å²) in [5, 5.41) is 9.58. The van der Waals surface area contributed by atoms with Crippen LogP contribution in [0.3, 0.4) is 0 Å². The maximum atomic E-state index is 11.7. The van der Waals surface area contributed by atoms with Crippen molar-refractivity contribution >= 4 is 12.0 Å². The Morgan fingerprint density at radius 1 is 1.38 bits per heavy atom. The predicted octanol–water partition coefficient (Wildman–Crippen LogP) is 1.82. The molecule has 1 amide bonds. The highest BCUT2D eigenvalue weighted by molar-refractivity contribution is 5.66. The molecule has 1 fully saturated rings. The van der Waals surface area contributed by atoms with Crippen molar-refractivity contribution in [2.24, 2.45) is 0 Å². The van der Waals surface area contributed by atoms with Gasteiger partial charge in [-0.05, 0) is 34.2 Å². The monoisotopic (exact) mass is 333 g/mol. The third-order valence-corrected chi connectivity index (χ3v) is 4.85. The van der Waals surface area contributed by atoms with Crippen molar-refractivity contribution in [3.63, 3.8) is 0 Å². The van der Waals surface area contributed by atoms with Crippen LogP contribution >= 0.6 is 0 Å². The van der Waals surface area contributed by atoms with Crippen molar-refractivity contribution in [2.75, 3.05) is 31.6 Å². The number of amides is 1. The van der Waals surface area contributed by atoms with Gasteiger partial charge in [-0.15, -0.1) is 0 Å². The van der Waals surface area contributed by atoms with Gasteiger partial charge in [0.2, 0.25) is 5.95 Å². The van der Waals surface area contributed by atoms with Gasteiger partial charge in [0, 0.05) is 49.9 Å². The zero-order valence-electron chi connectivity index (χ0n) is 15.0. The molecule has 0 aliphatic carbocycles. The van der Waals surface area contributed by atoms with Crippen LogP contribution in [0.1, 0.15) is 38.4 Å². The van der Waals surface area contributed by atoms with Gasteiger partial charge in [0.1, 0.15) is 0 Å². The molecule has 0 radical (unpaired) electrons. The van der Waals surface area contributed by atoms with Gasteiger partial charge in [-0.25, -0.2) is 14.8 Å². The van der Waals surface area contributed by atoms with Crippen LogP contribution in [-0.4, -0.2) is 69.2 Å². The van der Waals surface area contributed by atoms with E-state index in [1.807, 2.05) is 27.0 Å². The molecule has 2 aliphatic heterocycles. The smallest absolute Gasteiger partial charge is 0.408 e. The number of nitrogens with zero attached hydrogens (tertiary/aromatic N) is 5. The van der Waals surface area contributed by atoms with Crippen molar-refractivity contribution in [1.29, 1.82) is 0 Å². The minimum Gasteiger partial charge on any atom is -0.465 e. The molecule has 1 saturated heterocycles. The summed E-state index contributed by atoms with van der Waals surface area (Å²) in [6, 6.07) is -0.0201. The van der Waals surface area contributed by atoms with Gasteiger partial charge in [-0.1, -0.05) is 0 Å². The molecule has 132 valence electrons. The molecule has 1 atom stereocenters. The Hall–Kier alpha value is -1.89. The summed E-state index contributed by atoms with van der Waals surface area (Å²) >= 11 is 0. The van der Waals surface area contributed by atoms with Crippen molar-refractivity contribution in [3.8, 4) is 0 Å². The van der Waals surface area contributed by atoms with Gasteiger partial charge in [-0.3, -0.25) is 4.90 Å². The summed E-state index contributed by atoms with van der Waals surface area (Å²) in [6.07, 6.45) is 2.83. The number of aromatic nitrogens is 2. The molecule has 7 nitrogen and oxygen atoms in total. The molecular weight excluding hydrogens is 306 g/mol. The second kappa shape index (κ2) is 6.20. The summed E-state index contributed by atoms with van der Waals surface area (Å²) in [5.41, 5.74) is 1.92. The van der Waals surface area contributed by atoms with Crippen LogP contribution < -0.4 is 4.90 Å². The van der Waals surface area contributed by atoms with Crippen LogP contribution in [0, 0.1) is 0 Å². The minimum absolute atomic E-state index is 0.0201. The molecule has 1 aromatic rings. The van der Waals surface area contributed by atoms with E-state index >= 15 is 0 Å². The van der Waals surface area contributed by atoms with Gasteiger partial charge < -0.3 is 14.9 Å². The van der Waals surface area contributed by atoms with Crippen LogP contribution in [0.25, 0.3) is 0 Å². The number of carbonyl (C=O) groups is 1. The van der Waals surface area contributed by atoms with Crippen molar-refractivity contribution < 1.29 is 9.90 Å².